The summed E-state index contributed by atoms with van der Waals surface area (Å²) in [6.07, 6.45) is 10.8. The molecule has 0 saturated carbocycles. The maximum absolute atomic E-state index is 6.29. The van der Waals surface area contributed by atoms with Gasteiger partial charge in [-0.15, -0.1) is 10.2 Å². The molecule has 152 valence electrons. The first-order valence-electron chi connectivity index (χ1n) is 8.67. The second-order valence-electron chi connectivity index (χ2n) is 6.25. The first kappa shape index (κ1) is 20.5. The molecule has 3 heterocycles. The van der Waals surface area contributed by atoms with Gasteiger partial charge in [0.05, 0.1) is 12.7 Å². The molecule has 0 saturated heterocycles. The van der Waals surface area contributed by atoms with E-state index in [1.54, 1.807) is 25.0 Å². The highest BCUT2D eigenvalue weighted by atomic mass is 16.0. The molecule has 2 aromatic carbocycles. The Hall–Kier alpha value is -4.28. The Labute approximate surface area is 171 Å². The lowest BCUT2D eigenvalue weighted by Crippen LogP contribution is -2.12. The number of hydrogen-bond donors (Lipinski definition) is 1. The maximum Gasteiger partial charge on any atom is 0.182 e. The van der Waals surface area contributed by atoms with Gasteiger partial charge in [-0.3, -0.25) is 0 Å². The van der Waals surface area contributed by atoms with E-state index in [1.165, 1.54) is 4.68 Å². The summed E-state index contributed by atoms with van der Waals surface area (Å²) in [5.74, 6) is 7.50. The lowest BCUT2D eigenvalue weighted by atomic mass is 10.2. The average molecular weight is 404 g/mol. The Balaban J connectivity index is 0.00000128. The molecule has 10 heteroatoms. The lowest BCUT2D eigenvalue weighted by Gasteiger charge is -2.07. The summed E-state index contributed by atoms with van der Waals surface area (Å²) in [5, 5.41) is 8.56. The summed E-state index contributed by atoms with van der Waals surface area (Å²) in [5.41, 5.74) is 3.81. The molecule has 5 rings (SSSR count). The predicted molar refractivity (Wildman–Crippen MR) is 113 cm³/mol. The van der Waals surface area contributed by atoms with Crippen LogP contribution in [0.4, 0.5) is 0 Å². The van der Waals surface area contributed by atoms with Crippen LogP contribution in [0.5, 0.6) is 0 Å². The van der Waals surface area contributed by atoms with Crippen LogP contribution in [0.2, 0.25) is 0 Å². The summed E-state index contributed by atoms with van der Waals surface area (Å²) < 4.78 is 5.38. The van der Waals surface area contributed by atoms with E-state index < -0.39 is 0 Å². The minimum Gasteiger partial charge on any atom is -0.412 e. The van der Waals surface area contributed by atoms with Crippen molar-refractivity contribution in [2.75, 3.05) is 5.84 Å². The minimum atomic E-state index is 0. The van der Waals surface area contributed by atoms with Gasteiger partial charge in [0, 0.05) is 47.3 Å². The molecule has 0 amide bonds. The average Bonchev–Trinajstić information content (AvgIpc) is 3.50. The van der Waals surface area contributed by atoms with Crippen molar-refractivity contribution in [1.29, 1.82) is 0 Å². The van der Waals surface area contributed by atoms with Crippen LogP contribution >= 0.6 is 0 Å². The van der Waals surface area contributed by atoms with Gasteiger partial charge in [-0.05, 0) is 48.5 Å². The van der Waals surface area contributed by atoms with Gasteiger partial charge in [-0.1, -0.05) is 0 Å². The number of rotatable bonds is 4. The molecule has 6 N–H and O–H groups in total. The van der Waals surface area contributed by atoms with E-state index in [-0.39, 0.29) is 11.0 Å². The first-order chi connectivity index (χ1) is 13.8. The molecule has 0 aliphatic rings. The van der Waals surface area contributed by atoms with E-state index >= 15 is 0 Å². The van der Waals surface area contributed by atoms with Gasteiger partial charge in [0.25, 0.3) is 0 Å². The van der Waals surface area contributed by atoms with Gasteiger partial charge in [0.2, 0.25) is 0 Å². The second-order valence-corrected chi connectivity index (χ2v) is 6.25. The van der Waals surface area contributed by atoms with Crippen molar-refractivity contribution in [3.63, 3.8) is 0 Å². The van der Waals surface area contributed by atoms with Crippen LogP contribution in [0.25, 0.3) is 34.2 Å². The van der Waals surface area contributed by atoms with Crippen LogP contribution in [-0.4, -0.2) is 44.9 Å². The third-order valence-electron chi connectivity index (χ3n) is 4.55. The molecule has 0 aliphatic heterocycles. The number of nitrogens with zero attached hydrogens (tertiary/aromatic N) is 7. The highest BCUT2D eigenvalue weighted by Crippen LogP contribution is 2.24. The number of benzene rings is 2. The zero-order valence-electron chi connectivity index (χ0n) is 15.8. The Morgan fingerprint density at radius 3 is 1.33 bits per heavy atom. The van der Waals surface area contributed by atoms with E-state index in [9.17, 15) is 0 Å². The zero-order valence-corrected chi connectivity index (χ0v) is 15.8. The van der Waals surface area contributed by atoms with Crippen molar-refractivity contribution < 1.29 is 11.0 Å². The molecule has 10 nitrogen and oxygen atoms in total. The van der Waals surface area contributed by atoms with Crippen LogP contribution in [0.1, 0.15) is 0 Å². The summed E-state index contributed by atoms with van der Waals surface area (Å²) in [6.45, 7) is 0. The van der Waals surface area contributed by atoms with Gasteiger partial charge >= 0.3 is 0 Å². The van der Waals surface area contributed by atoms with Crippen molar-refractivity contribution in [2.24, 2.45) is 0 Å². The number of aromatic nitrogens is 7. The monoisotopic (exact) mass is 404 g/mol. The zero-order chi connectivity index (χ0) is 18.9. The van der Waals surface area contributed by atoms with Crippen LogP contribution in [0.15, 0.2) is 86.0 Å². The van der Waals surface area contributed by atoms with E-state index in [0.717, 1.165) is 22.5 Å². The van der Waals surface area contributed by atoms with Crippen LogP contribution < -0.4 is 5.84 Å². The largest absolute Gasteiger partial charge is 0.412 e. The van der Waals surface area contributed by atoms with Gasteiger partial charge in [-0.25, -0.2) is 14.6 Å². The number of hydrogen-bond acceptors (Lipinski definition) is 5. The van der Waals surface area contributed by atoms with E-state index in [2.05, 4.69) is 20.2 Å². The Morgan fingerprint density at radius 2 is 1.00 bits per heavy atom. The van der Waals surface area contributed by atoms with Gasteiger partial charge < -0.3 is 25.9 Å². The third kappa shape index (κ3) is 3.55. The van der Waals surface area contributed by atoms with Crippen LogP contribution in [-0.2, 0) is 0 Å². The molecule has 0 unspecified atom stereocenters. The molecule has 0 fully saturated rings. The first-order valence-corrected chi connectivity index (χ1v) is 8.67. The second kappa shape index (κ2) is 8.39. The highest BCUT2D eigenvalue weighted by molar-refractivity contribution is 5.64. The SMILES string of the molecule is Nn1c(-c2ccc(-n3ccnc3)cc2)nnc1-c1ccc(-n2ccnc2)cc1.O.O. The quantitative estimate of drug-likeness (QED) is 0.443. The summed E-state index contributed by atoms with van der Waals surface area (Å²) in [7, 11) is 0. The van der Waals surface area contributed by atoms with Crippen molar-refractivity contribution in [3.8, 4) is 34.2 Å². The molecule has 3 aromatic heterocycles. The fourth-order valence-electron chi connectivity index (χ4n) is 3.07. The molecular weight excluding hydrogens is 384 g/mol. The highest BCUT2D eigenvalue weighted by Gasteiger charge is 2.13. The van der Waals surface area contributed by atoms with Gasteiger partial charge in [-0.2, -0.15) is 0 Å². The molecule has 30 heavy (non-hydrogen) atoms. The Morgan fingerprint density at radius 1 is 0.600 bits per heavy atom. The van der Waals surface area contributed by atoms with Crippen LogP contribution in [0.3, 0.4) is 0 Å². The van der Waals surface area contributed by atoms with Crippen molar-refractivity contribution in [2.45, 2.75) is 0 Å². The Bertz CT molecular complexity index is 1100. The molecule has 5 aromatic rings. The maximum atomic E-state index is 6.29. The van der Waals surface area contributed by atoms with Gasteiger partial charge in [0.1, 0.15) is 0 Å². The standard InChI is InChI=1S/C20H16N8.2H2O/c21-28-19(15-1-5-17(6-2-15)26-11-9-22-13-26)24-25-20(28)16-3-7-18(8-4-16)27-12-10-23-14-27;;/h1-14H,21H2;2*1H2. The normalized spacial score (nSPS) is 10.3. The van der Waals surface area contributed by atoms with E-state index in [1.807, 2.05) is 70.1 Å². The molecule has 0 spiro atoms. The topological polar surface area (TPSA) is 155 Å². The third-order valence-corrected chi connectivity index (χ3v) is 4.55. The molecule has 0 radical (unpaired) electrons. The molecule has 0 bridgehead atoms. The molecule has 0 atom stereocenters. The van der Waals surface area contributed by atoms with Crippen molar-refractivity contribution in [3.05, 3.63) is 86.0 Å². The predicted octanol–water partition coefficient (Wildman–Crippen LogP) is 1.05. The van der Waals surface area contributed by atoms with Crippen molar-refractivity contribution >= 4 is 0 Å². The van der Waals surface area contributed by atoms with E-state index in [4.69, 9.17) is 5.84 Å². The minimum absolute atomic E-state index is 0. The van der Waals surface area contributed by atoms with Gasteiger partial charge in [0.15, 0.2) is 11.6 Å². The lowest BCUT2D eigenvalue weighted by molar-refractivity contribution is 0.823. The van der Waals surface area contributed by atoms with E-state index in [0.29, 0.717) is 11.6 Å². The fourth-order valence-corrected chi connectivity index (χ4v) is 3.07. The van der Waals surface area contributed by atoms with Crippen molar-refractivity contribution in [1.82, 2.24) is 34.0 Å². The number of imidazole rings is 2. The number of nitrogens with two attached hydrogens (primary N) is 1. The molecule has 0 aliphatic carbocycles. The fraction of sp³-hybridized carbons (Fsp3) is 0. The van der Waals surface area contributed by atoms with Crippen LogP contribution in [0, 0.1) is 0 Å². The summed E-state index contributed by atoms with van der Waals surface area (Å²) in [6, 6.07) is 15.8. The summed E-state index contributed by atoms with van der Waals surface area (Å²) in [4.78, 5) is 8.13. The molecular formula is C20H20N8O2. The smallest absolute Gasteiger partial charge is 0.182 e. The Kier molecular flexibility index (Phi) is 5.72. The number of nitrogen functional groups attached to an aromatic ring is 1. The summed E-state index contributed by atoms with van der Waals surface area (Å²) >= 11 is 0.